The summed E-state index contributed by atoms with van der Waals surface area (Å²) in [6, 6.07) is 6.94. The van der Waals surface area contributed by atoms with Crippen LogP contribution in [0.2, 0.25) is 0 Å². The van der Waals surface area contributed by atoms with Crippen LogP contribution in [0.3, 0.4) is 0 Å². The van der Waals surface area contributed by atoms with Gasteiger partial charge in [-0.1, -0.05) is 0 Å². The topological polar surface area (TPSA) is 63.6 Å². The molecule has 0 aliphatic heterocycles. The highest BCUT2D eigenvalue weighted by Crippen LogP contribution is 2.13. The molecule has 1 aromatic carbocycles. The lowest BCUT2D eigenvalue weighted by Crippen LogP contribution is -2.17. The second-order valence-electron chi connectivity index (χ2n) is 4.68. The number of thiazole rings is 1. The molecule has 21 heavy (non-hydrogen) atoms. The predicted octanol–water partition coefficient (Wildman–Crippen LogP) is 3.00. The molecule has 0 bridgehead atoms. The van der Waals surface area contributed by atoms with E-state index < -0.39 is 0 Å². The number of hydrogen-bond acceptors (Lipinski definition) is 5. The van der Waals surface area contributed by atoms with Crippen molar-refractivity contribution < 1.29 is 9.53 Å². The number of aromatic nitrogens is 1. The van der Waals surface area contributed by atoms with Crippen molar-refractivity contribution in [1.29, 1.82) is 0 Å². The van der Waals surface area contributed by atoms with E-state index in [-0.39, 0.29) is 12.0 Å². The Morgan fingerprint density at radius 1 is 1.38 bits per heavy atom. The monoisotopic (exact) mass is 303 g/mol. The van der Waals surface area contributed by atoms with Gasteiger partial charge in [0.05, 0.1) is 23.0 Å². The Morgan fingerprint density at radius 3 is 2.67 bits per heavy atom. The van der Waals surface area contributed by atoms with Crippen molar-refractivity contribution in [2.45, 2.75) is 26.9 Å². The highest BCUT2D eigenvalue weighted by Gasteiger charge is 2.05. The molecule has 0 spiro atoms. The molecule has 0 aliphatic carbocycles. The molecule has 0 atom stereocenters. The van der Waals surface area contributed by atoms with E-state index in [2.05, 4.69) is 15.5 Å². The highest BCUT2D eigenvalue weighted by atomic mass is 32.1. The number of aryl methyl sites for hydroxylation is 1. The minimum atomic E-state index is -0.269. The van der Waals surface area contributed by atoms with Crippen LogP contribution in [-0.4, -0.2) is 23.2 Å². The Labute approximate surface area is 127 Å². The molecule has 2 aromatic rings. The Kier molecular flexibility index (Phi) is 5.05. The Hall–Kier alpha value is -2.21. The smallest absolute Gasteiger partial charge is 0.271 e. The summed E-state index contributed by atoms with van der Waals surface area (Å²) < 4.78 is 5.52. The molecule has 6 heteroatoms. The quantitative estimate of drug-likeness (QED) is 0.682. The van der Waals surface area contributed by atoms with E-state index in [9.17, 15) is 4.79 Å². The lowest BCUT2D eigenvalue weighted by atomic mass is 10.2. The molecule has 1 amide bonds. The minimum absolute atomic E-state index is 0.107. The summed E-state index contributed by atoms with van der Waals surface area (Å²) in [6.07, 6.45) is 1.63. The van der Waals surface area contributed by atoms with E-state index >= 15 is 0 Å². The van der Waals surface area contributed by atoms with Crippen molar-refractivity contribution in [3.8, 4) is 5.75 Å². The van der Waals surface area contributed by atoms with Crippen LogP contribution in [0.25, 0.3) is 0 Å². The van der Waals surface area contributed by atoms with Crippen LogP contribution in [0.4, 0.5) is 0 Å². The average molecular weight is 303 g/mol. The van der Waals surface area contributed by atoms with Gasteiger partial charge in [-0.3, -0.25) is 4.79 Å². The van der Waals surface area contributed by atoms with Gasteiger partial charge in [-0.15, -0.1) is 11.3 Å². The third-order valence-corrected chi connectivity index (χ3v) is 3.28. The van der Waals surface area contributed by atoms with Gasteiger partial charge in [-0.2, -0.15) is 5.10 Å². The fourth-order valence-corrected chi connectivity index (χ4v) is 2.18. The predicted molar refractivity (Wildman–Crippen MR) is 84.1 cm³/mol. The van der Waals surface area contributed by atoms with Crippen molar-refractivity contribution in [2.24, 2.45) is 5.10 Å². The van der Waals surface area contributed by atoms with E-state index in [1.54, 1.807) is 24.3 Å². The first-order valence-electron chi connectivity index (χ1n) is 6.57. The van der Waals surface area contributed by atoms with Crippen molar-refractivity contribution >= 4 is 23.5 Å². The summed E-state index contributed by atoms with van der Waals surface area (Å²) in [5.41, 5.74) is 3.73. The van der Waals surface area contributed by atoms with Crippen LogP contribution in [0.5, 0.6) is 5.75 Å². The molecular formula is C15H17N3O2S. The summed E-state index contributed by atoms with van der Waals surface area (Å²) >= 11 is 1.54. The zero-order valence-corrected chi connectivity index (χ0v) is 13.0. The third-order valence-electron chi connectivity index (χ3n) is 2.49. The standard InChI is InChI=1S/C15H17N3O2S/c1-10(2)20-14-6-4-12(5-7-14)15(19)18-16-8-13-9-21-11(3)17-13/h4-10H,1-3H3,(H,18,19)/b16-8-. The number of amides is 1. The zero-order chi connectivity index (χ0) is 15.2. The van der Waals surface area contributed by atoms with E-state index in [1.807, 2.05) is 26.2 Å². The van der Waals surface area contributed by atoms with Gasteiger partial charge in [0.1, 0.15) is 5.75 Å². The number of hydrogen-bond donors (Lipinski definition) is 1. The Bertz CT molecular complexity index is 633. The van der Waals surface area contributed by atoms with E-state index in [0.717, 1.165) is 16.5 Å². The minimum Gasteiger partial charge on any atom is -0.491 e. The summed E-state index contributed by atoms with van der Waals surface area (Å²) in [5.74, 6) is 0.470. The molecule has 2 rings (SSSR count). The molecule has 0 radical (unpaired) electrons. The van der Waals surface area contributed by atoms with Gasteiger partial charge < -0.3 is 4.74 Å². The fraction of sp³-hybridized carbons (Fsp3) is 0.267. The second-order valence-corrected chi connectivity index (χ2v) is 5.74. The average Bonchev–Trinajstić information content (AvgIpc) is 2.84. The normalized spacial score (nSPS) is 11.0. The molecule has 0 unspecified atom stereocenters. The van der Waals surface area contributed by atoms with Gasteiger partial charge in [0.2, 0.25) is 0 Å². The van der Waals surface area contributed by atoms with Crippen LogP contribution < -0.4 is 10.2 Å². The number of carbonyl (C=O) groups is 1. The van der Waals surface area contributed by atoms with Crippen LogP contribution >= 0.6 is 11.3 Å². The Morgan fingerprint density at radius 2 is 2.10 bits per heavy atom. The van der Waals surface area contributed by atoms with Gasteiger partial charge in [0.25, 0.3) is 5.91 Å². The van der Waals surface area contributed by atoms with E-state index in [0.29, 0.717) is 5.56 Å². The molecule has 0 saturated carbocycles. The van der Waals surface area contributed by atoms with E-state index in [4.69, 9.17) is 4.74 Å². The van der Waals surface area contributed by atoms with Gasteiger partial charge in [-0.05, 0) is 45.0 Å². The molecule has 0 aliphatic rings. The summed E-state index contributed by atoms with van der Waals surface area (Å²) in [4.78, 5) is 16.1. The van der Waals surface area contributed by atoms with Crippen LogP contribution in [0.1, 0.15) is 34.9 Å². The van der Waals surface area contributed by atoms with Crippen molar-refractivity contribution in [1.82, 2.24) is 10.4 Å². The Balaban J connectivity index is 1.92. The summed E-state index contributed by atoms with van der Waals surface area (Å²) in [6.45, 7) is 5.83. The first-order valence-corrected chi connectivity index (χ1v) is 7.45. The van der Waals surface area contributed by atoms with Gasteiger partial charge in [0, 0.05) is 10.9 Å². The number of nitrogens with zero attached hydrogens (tertiary/aromatic N) is 2. The molecule has 1 heterocycles. The molecule has 0 fully saturated rings. The lowest BCUT2D eigenvalue weighted by molar-refractivity contribution is 0.0955. The largest absolute Gasteiger partial charge is 0.491 e. The second kappa shape index (κ2) is 6.99. The molecule has 5 nitrogen and oxygen atoms in total. The molecular weight excluding hydrogens is 286 g/mol. The summed E-state index contributed by atoms with van der Waals surface area (Å²) in [7, 11) is 0. The number of ether oxygens (including phenoxy) is 1. The van der Waals surface area contributed by atoms with Crippen molar-refractivity contribution in [3.05, 3.63) is 45.9 Å². The molecule has 1 aromatic heterocycles. The van der Waals surface area contributed by atoms with Gasteiger partial charge >= 0.3 is 0 Å². The fourth-order valence-electron chi connectivity index (χ4n) is 1.62. The number of nitrogens with one attached hydrogen (secondary N) is 1. The maximum Gasteiger partial charge on any atom is 0.271 e. The van der Waals surface area contributed by atoms with Crippen LogP contribution in [-0.2, 0) is 0 Å². The number of rotatable bonds is 5. The number of carbonyl (C=O) groups excluding carboxylic acids is 1. The van der Waals surface area contributed by atoms with Gasteiger partial charge in [0.15, 0.2) is 0 Å². The molecule has 0 saturated heterocycles. The lowest BCUT2D eigenvalue weighted by Gasteiger charge is -2.09. The molecule has 110 valence electrons. The maximum absolute atomic E-state index is 11.9. The van der Waals surface area contributed by atoms with Crippen LogP contribution in [0, 0.1) is 6.92 Å². The van der Waals surface area contributed by atoms with Crippen molar-refractivity contribution in [3.63, 3.8) is 0 Å². The maximum atomic E-state index is 11.9. The zero-order valence-electron chi connectivity index (χ0n) is 12.2. The van der Waals surface area contributed by atoms with Gasteiger partial charge in [-0.25, -0.2) is 10.4 Å². The number of hydrazone groups is 1. The first kappa shape index (κ1) is 15.2. The SMILES string of the molecule is Cc1nc(/C=N\NC(=O)c2ccc(OC(C)C)cc2)cs1. The number of benzene rings is 1. The van der Waals surface area contributed by atoms with E-state index in [1.165, 1.54) is 17.6 Å². The van der Waals surface area contributed by atoms with Crippen molar-refractivity contribution in [2.75, 3.05) is 0 Å². The highest BCUT2D eigenvalue weighted by molar-refractivity contribution is 7.09. The third kappa shape index (κ3) is 4.68. The van der Waals surface area contributed by atoms with Crippen LogP contribution in [0.15, 0.2) is 34.7 Å². The summed E-state index contributed by atoms with van der Waals surface area (Å²) in [5, 5.41) is 6.73. The first-order chi connectivity index (χ1) is 10.0. The molecule has 1 N–H and O–H groups in total.